The van der Waals surface area contributed by atoms with E-state index in [0.717, 1.165) is 13.1 Å². The quantitative estimate of drug-likeness (QED) is 0.520. The fraction of sp³-hybridized carbons (Fsp3) is 0.625. The van der Waals surface area contributed by atoms with E-state index in [4.69, 9.17) is 0 Å². The fourth-order valence-corrected chi connectivity index (χ4v) is 2.51. The molecule has 0 aliphatic rings. The van der Waals surface area contributed by atoms with Gasteiger partial charge in [-0.1, -0.05) is 26.0 Å². The maximum Gasteiger partial charge on any atom is 0.0205 e. The summed E-state index contributed by atoms with van der Waals surface area (Å²) in [5.74, 6) is 0. The van der Waals surface area contributed by atoms with Gasteiger partial charge in [0.25, 0.3) is 0 Å². The normalized spacial score (nSPS) is 11.2. The summed E-state index contributed by atoms with van der Waals surface area (Å²) in [6.45, 7) is 10.2. The second-order valence-corrected chi connectivity index (χ2v) is 5.64. The first kappa shape index (κ1) is 16.5. The van der Waals surface area contributed by atoms with Crippen LogP contribution in [0.5, 0.6) is 0 Å². The molecule has 2 nitrogen and oxygen atoms in total. The van der Waals surface area contributed by atoms with Gasteiger partial charge in [0.05, 0.1) is 0 Å². The van der Waals surface area contributed by atoms with Crippen LogP contribution in [-0.4, -0.2) is 37.3 Å². The van der Waals surface area contributed by atoms with Crippen molar-refractivity contribution in [3.05, 3.63) is 29.8 Å². The predicted octanol–water partition coefficient (Wildman–Crippen LogP) is 3.62. The number of unbranched alkanes of at least 4 members (excludes halogenated alkanes) is 1. The second-order valence-electron chi connectivity index (χ2n) is 4.76. The number of hydrogen-bond acceptors (Lipinski definition) is 3. The molecule has 0 atom stereocenters. The lowest BCUT2D eigenvalue weighted by Gasteiger charge is -2.17. The topological polar surface area (TPSA) is 15.3 Å². The monoisotopic (exact) mass is 280 g/mol. The van der Waals surface area contributed by atoms with E-state index in [1.807, 2.05) is 0 Å². The van der Waals surface area contributed by atoms with Crippen molar-refractivity contribution in [1.29, 1.82) is 0 Å². The summed E-state index contributed by atoms with van der Waals surface area (Å²) >= 11 is 1.79. The molecule has 0 radical (unpaired) electrons. The Kier molecular flexibility index (Phi) is 8.97. The number of rotatable bonds is 10. The Balaban J connectivity index is 2.07. The number of benzene rings is 1. The third-order valence-corrected chi connectivity index (χ3v) is 4.20. The number of hydrogen-bond donors (Lipinski definition) is 1. The molecule has 19 heavy (non-hydrogen) atoms. The third-order valence-electron chi connectivity index (χ3n) is 3.46. The average molecular weight is 280 g/mol. The van der Waals surface area contributed by atoms with E-state index in [9.17, 15) is 0 Å². The molecule has 1 rings (SSSR count). The minimum Gasteiger partial charge on any atom is -0.313 e. The Bertz CT molecular complexity index is 320. The molecule has 1 N–H and O–H groups in total. The van der Waals surface area contributed by atoms with Gasteiger partial charge in [0, 0.05) is 11.4 Å². The van der Waals surface area contributed by atoms with E-state index in [2.05, 4.69) is 54.6 Å². The van der Waals surface area contributed by atoms with Crippen molar-refractivity contribution < 1.29 is 0 Å². The van der Waals surface area contributed by atoms with E-state index < -0.39 is 0 Å². The standard InChI is InChI=1S/C16H28N2S/c1-4-18(5-2)13-7-6-12-17-14-15-8-10-16(19-3)11-9-15/h8-11,17H,4-7,12-14H2,1-3H3. The summed E-state index contributed by atoms with van der Waals surface area (Å²) < 4.78 is 0. The molecule has 0 saturated heterocycles. The van der Waals surface area contributed by atoms with Crippen molar-refractivity contribution in [2.24, 2.45) is 0 Å². The highest BCUT2D eigenvalue weighted by Gasteiger charge is 1.98. The van der Waals surface area contributed by atoms with Gasteiger partial charge in [0.15, 0.2) is 0 Å². The molecule has 0 spiro atoms. The van der Waals surface area contributed by atoms with Gasteiger partial charge in [-0.3, -0.25) is 0 Å². The molecular weight excluding hydrogens is 252 g/mol. The molecule has 3 heteroatoms. The first-order chi connectivity index (χ1) is 9.30. The Morgan fingerprint density at radius 1 is 1.05 bits per heavy atom. The lowest BCUT2D eigenvalue weighted by Crippen LogP contribution is -2.25. The van der Waals surface area contributed by atoms with Gasteiger partial charge in [-0.2, -0.15) is 0 Å². The maximum absolute atomic E-state index is 3.52. The largest absolute Gasteiger partial charge is 0.313 e. The van der Waals surface area contributed by atoms with Gasteiger partial charge >= 0.3 is 0 Å². The highest BCUT2D eigenvalue weighted by molar-refractivity contribution is 7.98. The zero-order valence-electron chi connectivity index (χ0n) is 12.6. The van der Waals surface area contributed by atoms with Gasteiger partial charge in [-0.15, -0.1) is 11.8 Å². The van der Waals surface area contributed by atoms with Crippen LogP contribution in [0, 0.1) is 0 Å². The third kappa shape index (κ3) is 7.00. The summed E-state index contributed by atoms with van der Waals surface area (Å²) in [6, 6.07) is 8.83. The van der Waals surface area contributed by atoms with E-state index >= 15 is 0 Å². The molecule has 1 aromatic carbocycles. The van der Waals surface area contributed by atoms with Crippen LogP contribution in [0.1, 0.15) is 32.3 Å². The fourth-order valence-electron chi connectivity index (χ4n) is 2.10. The summed E-state index contributed by atoms with van der Waals surface area (Å²) in [5, 5.41) is 3.52. The SMILES string of the molecule is CCN(CC)CCCCNCc1ccc(SC)cc1. The first-order valence-corrected chi connectivity index (χ1v) is 8.58. The molecule has 0 bridgehead atoms. The maximum atomic E-state index is 3.52. The summed E-state index contributed by atoms with van der Waals surface area (Å²) in [7, 11) is 0. The van der Waals surface area contributed by atoms with Crippen molar-refractivity contribution in [1.82, 2.24) is 10.2 Å². The molecular formula is C16H28N2S. The smallest absolute Gasteiger partial charge is 0.0205 e. The highest BCUT2D eigenvalue weighted by atomic mass is 32.2. The van der Waals surface area contributed by atoms with Crippen LogP contribution in [0.25, 0.3) is 0 Å². The van der Waals surface area contributed by atoms with Crippen molar-refractivity contribution >= 4 is 11.8 Å². The highest BCUT2D eigenvalue weighted by Crippen LogP contribution is 2.14. The van der Waals surface area contributed by atoms with E-state index in [0.29, 0.717) is 0 Å². The van der Waals surface area contributed by atoms with Crippen molar-refractivity contribution in [2.45, 2.75) is 38.1 Å². The van der Waals surface area contributed by atoms with Gasteiger partial charge in [-0.25, -0.2) is 0 Å². The van der Waals surface area contributed by atoms with Crippen molar-refractivity contribution in [3.8, 4) is 0 Å². The summed E-state index contributed by atoms with van der Waals surface area (Å²) in [4.78, 5) is 3.82. The number of nitrogens with zero attached hydrogens (tertiary/aromatic N) is 1. The Morgan fingerprint density at radius 3 is 2.32 bits per heavy atom. The lowest BCUT2D eigenvalue weighted by atomic mass is 10.2. The van der Waals surface area contributed by atoms with E-state index in [-0.39, 0.29) is 0 Å². The van der Waals surface area contributed by atoms with Gasteiger partial charge < -0.3 is 10.2 Å². The molecule has 0 amide bonds. The molecule has 0 saturated carbocycles. The van der Waals surface area contributed by atoms with Crippen LogP contribution in [0.4, 0.5) is 0 Å². The molecule has 0 aromatic heterocycles. The average Bonchev–Trinajstić information content (AvgIpc) is 2.47. The van der Waals surface area contributed by atoms with Gasteiger partial charge in [-0.05, 0) is 63.0 Å². The minimum absolute atomic E-state index is 0.986. The Hall–Kier alpha value is -0.510. The second kappa shape index (κ2) is 10.3. The first-order valence-electron chi connectivity index (χ1n) is 7.36. The van der Waals surface area contributed by atoms with Crippen LogP contribution in [0.3, 0.4) is 0 Å². The summed E-state index contributed by atoms with van der Waals surface area (Å²) in [6.07, 6.45) is 4.67. The lowest BCUT2D eigenvalue weighted by molar-refractivity contribution is 0.296. The van der Waals surface area contributed by atoms with Crippen LogP contribution in [0.2, 0.25) is 0 Å². The van der Waals surface area contributed by atoms with E-state index in [1.165, 1.54) is 42.9 Å². The molecule has 0 aliphatic carbocycles. The van der Waals surface area contributed by atoms with Crippen molar-refractivity contribution in [2.75, 3.05) is 32.4 Å². The van der Waals surface area contributed by atoms with Crippen LogP contribution >= 0.6 is 11.8 Å². The van der Waals surface area contributed by atoms with E-state index in [1.54, 1.807) is 11.8 Å². The van der Waals surface area contributed by atoms with Gasteiger partial charge in [0.2, 0.25) is 0 Å². The zero-order valence-corrected chi connectivity index (χ0v) is 13.4. The number of nitrogens with one attached hydrogen (secondary N) is 1. The molecule has 0 unspecified atom stereocenters. The molecule has 0 aliphatic heterocycles. The Morgan fingerprint density at radius 2 is 1.74 bits per heavy atom. The molecule has 0 heterocycles. The Labute approximate surface area is 123 Å². The van der Waals surface area contributed by atoms with Crippen LogP contribution < -0.4 is 5.32 Å². The molecule has 1 aromatic rings. The van der Waals surface area contributed by atoms with Crippen LogP contribution in [-0.2, 0) is 6.54 Å². The summed E-state index contributed by atoms with van der Waals surface area (Å²) in [5.41, 5.74) is 1.38. The number of thioether (sulfide) groups is 1. The van der Waals surface area contributed by atoms with Gasteiger partial charge in [0.1, 0.15) is 0 Å². The molecule has 108 valence electrons. The molecule has 0 fully saturated rings. The van der Waals surface area contributed by atoms with Crippen LogP contribution in [0.15, 0.2) is 29.2 Å². The predicted molar refractivity (Wildman–Crippen MR) is 87.0 cm³/mol. The zero-order chi connectivity index (χ0) is 13.9. The minimum atomic E-state index is 0.986. The van der Waals surface area contributed by atoms with Crippen molar-refractivity contribution in [3.63, 3.8) is 0 Å².